The summed E-state index contributed by atoms with van der Waals surface area (Å²) in [6.07, 6.45) is 4.13. The summed E-state index contributed by atoms with van der Waals surface area (Å²) in [4.78, 5) is 37.5. The van der Waals surface area contributed by atoms with Gasteiger partial charge in [0, 0.05) is 12.1 Å². The SMILES string of the molecule is CC1=CC(=O)C=CC1=NOC(=O)c1ccc([N+](=O)[O-])cc1. The first kappa shape index (κ1) is 14.3. The number of oxime groups is 1. The summed E-state index contributed by atoms with van der Waals surface area (Å²) in [7, 11) is 0. The van der Waals surface area contributed by atoms with Crippen molar-refractivity contribution in [1.82, 2.24) is 0 Å². The molecular formula is C14H10N2O5. The van der Waals surface area contributed by atoms with E-state index in [1.807, 2.05) is 0 Å². The Kier molecular flexibility index (Phi) is 4.03. The number of nitro groups is 1. The second kappa shape index (κ2) is 5.91. The monoisotopic (exact) mass is 286 g/mol. The standard InChI is InChI=1S/C14H10N2O5/c1-9-8-12(17)6-7-13(9)15-21-14(18)10-2-4-11(5-3-10)16(19)20/h2-8H,1H3. The van der Waals surface area contributed by atoms with E-state index in [-0.39, 0.29) is 17.0 Å². The number of non-ortho nitro benzene ring substituents is 1. The summed E-state index contributed by atoms with van der Waals surface area (Å²) in [5.74, 6) is -0.899. The van der Waals surface area contributed by atoms with Crippen LogP contribution < -0.4 is 0 Å². The number of carbonyl (C=O) groups is 2. The van der Waals surface area contributed by atoms with Crippen molar-refractivity contribution in [2.75, 3.05) is 0 Å². The molecule has 0 unspecified atom stereocenters. The Morgan fingerprint density at radius 1 is 1.24 bits per heavy atom. The predicted octanol–water partition coefficient (Wildman–Crippen LogP) is 2.19. The Morgan fingerprint density at radius 3 is 2.48 bits per heavy atom. The fourth-order valence-corrected chi connectivity index (χ4v) is 1.59. The summed E-state index contributed by atoms with van der Waals surface area (Å²) in [6.45, 7) is 1.67. The van der Waals surface area contributed by atoms with Crippen LogP contribution in [0.3, 0.4) is 0 Å². The van der Waals surface area contributed by atoms with Gasteiger partial charge in [0.05, 0.1) is 10.5 Å². The zero-order valence-corrected chi connectivity index (χ0v) is 11.0. The van der Waals surface area contributed by atoms with Crippen LogP contribution >= 0.6 is 0 Å². The summed E-state index contributed by atoms with van der Waals surface area (Å²) in [5, 5.41) is 14.2. The molecule has 0 amide bonds. The molecule has 7 nitrogen and oxygen atoms in total. The van der Waals surface area contributed by atoms with E-state index in [1.54, 1.807) is 6.92 Å². The Morgan fingerprint density at radius 2 is 1.90 bits per heavy atom. The van der Waals surface area contributed by atoms with Crippen LogP contribution in [0.25, 0.3) is 0 Å². The summed E-state index contributed by atoms with van der Waals surface area (Å²) in [6, 6.07) is 4.97. The molecular weight excluding hydrogens is 276 g/mol. The van der Waals surface area contributed by atoms with Gasteiger partial charge in [-0.3, -0.25) is 14.9 Å². The average molecular weight is 286 g/mol. The molecule has 1 aliphatic rings. The molecule has 0 fully saturated rings. The van der Waals surface area contributed by atoms with E-state index in [0.29, 0.717) is 11.3 Å². The van der Waals surface area contributed by atoms with Gasteiger partial charge in [0.25, 0.3) is 5.69 Å². The molecule has 1 aromatic carbocycles. The largest absolute Gasteiger partial charge is 0.365 e. The molecule has 1 aliphatic carbocycles. The number of benzene rings is 1. The topological polar surface area (TPSA) is 98.9 Å². The van der Waals surface area contributed by atoms with E-state index < -0.39 is 10.9 Å². The Bertz CT molecular complexity index is 699. The maximum absolute atomic E-state index is 11.7. The van der Waals surface area contributed by atoms with Crippen LogP contribution in [0.5, 0.6) is 0 Å². The zero-order chi connectivity index (χ0) is 15.4. The van der Waals surface area contributed by atoms with Crippen molar-refractivity contribution in [3.63, 3.8) is 0 Å². The number of allylic oxidation sites excluding steroid dienone is 4. The third-order valence-corrected chi connectivity index (χ3v) is 2.71. The van der Waals surface area contributed by atoms with Crippen LogP contribution in [-0.2, 0) is 9.63 Å². The molecule has 1 aromatic rings. The molecule has 0 saturated heterocycles. The molecule has 106 valence electrons. The van der Waals surface area contributed by atoms with Crippen LogP contribution in [0.15, 0.2) is 53.2 Å². The lowest BCUT2D eigenvalue weighted by molar-refractivity contribution is -0.384. The van der Waals surface area contributed by atoms with Gasteiger partial charge in [0.2, 0.25) is 0 Å². The number of rotatable bonds is 3. The number of nitrogens with zero attached hydrogens (tertiary/aromatic N) is 2. The molecule has 0 spiro atoms. The van der Waals surface area contributed by atoms with E-state index >= 15 is 0 Å². The van der Waals surface area contributed by atoms with Gasteiger partial charge in [-0.05, 0) is 42.9 Å². The van der Waals surface area contributed by atoms with E-state index in [1.165, 1.54) is 42.5 Å². The number of hydrogen-bond acceptors (Lipinski definition) is 6. The van der Waals surface area contributed by atoms with Crippen LogP contribution in [-0.4, -0.2) is 22.4 Å². The Balaban J connectivity index is 2.08. The predicted molar refractivity (Wildman–Crippen MR) is 73.9 cm³/mol. The van der Waals surface area contributed by atoms with Crippen molar-refractivity contribution in [2.24, 2.45) is 5.16 Å². The third kappa shape index (κ3) is 3.47. The minimum absolute atomic E-state index is 0.120. The molecule has 0 bridgehead atoms. The molecule has 0 radical (unpaired) electrons. The van der Waals surface area contributed by atoms with Crippen LogP contribution in [0, 0.1) is 10.1 Å². The summed E-state index contributed by atoms with van der Waals surface area (Å²) in [5.41, 5.74) is 0.969. The van der Waals surface area contributed by atoms with Gasteiger partial charge in [-0.2, -0.15) is 0 Å². The fraction of sp³-hybridized carbons (Fsp3) is 0.0714. The van der Waals surface area contributed by atoms with E-state index in [0.717, 1.165) is 0 Å². The lowest BCUT2D eigenvalue weighted by Crippen LogP contribution is -2.08. The second-order valence-corrected chi connectivity index (χ2v) is 4.22. The van der Waals surface area contributed by atoms with Crippen molar-refractivity contribution >= 4 is 23.2 Å². The average Bonchev–Trinajstić information content (AvgIpc) is 2.46. The number of nitro benzene ring substituents is 1. The van der Waals surface area contributed by atoms with Crippen LogP contribution in [0.1, 0.15) is 17.3 Å². The highest BCUT2D eigenvalue weighted by molar-refractivity contribution is 6.19. The maximum Gasteiger partial charge on any atom is 0.365 e. The van der Waals surface area contributed by atoms with Crippen molar-refractivity contribution in [1.29, 1.82) is 0 Å². The third-order valence-electron chi connectivity index (χ3n) is 2.71. The second-order valence-electron chi connectivity index (χ2n) is 4.22. The molecule has 0 aromatic heterocycles. The number of hydrogen-bond donors (Lipinski definition) is 0. The lowest BCUT2D eigenvalue weighted by Gasteiger charge is -2.05. The molecule has 0 N–H and O–H groups in total. The van der Waals surface area contributed by atoms with E-state index in [2.05, 4.69) is 5.16 Å². The van der Waals surface area contributed by atoms with Crippen LogP contribution in [0.4, 0.5) is 5.69 Å². The smallest absolute Gasteiger partial charge is 0.312 e. The van der Waals surface area contributed by atoms with Crippen molar-refractivity contribution in [3.8, 4) is 0 Å². The normalized spacial score (nSPS) is 15.8. The molecule has 0 heterocycles. The van der Waals surface area contributed by atoms with Gasteiger partial charge in [-0.15, -0.1) is 0 Å². The lowest BCUT2D eigenvalue weighted by atomic mass is 10.1. The first-order chi connectivity index (χ1) is 9.97. The first-order valence-corrected chi connectivity index (χ1v) is 5.92. The van der Waals surface area contributed by atoms with Gasteiger partial charge in [-0.1, -0.05) is 5.16 Å². The quantitative estimate of drug-likeness (QED) is 0.367. The molecule has 2 rings (SSSR count). The number of ketones is 1. The Labute approximate surface area is 119 Å². The highest BCUT2D eigenvalue weighted by Gasteiger charge is 2.12. The van der Waals surface area contributed by atoms with Crippen molar-refractivity contribution < 1.29 is 19.3 Å². The fourth-order valence-electron chi connectivity index (χ4n) is 1.59. The van der Waals surface area contributed by atoms with Crippen LogP contribution in [0.2, 0.25) is 0 Å². The molecule has 7 heteroatoms. The van der Waals surface area contributed by atoms with Gasteiger partial charge < -0.3 is 4.84 Å². The molecule has 0 atom stereocenters. The highest BCUT2D eigenvalue weighted by atomic mass is 16.7. The van der Waals surface area contributed by atoms with Gasteiger partial charge in [-0.25, -0.2) is 4.79 Å². The van der Waals surface area contributed by atoms with Crippen molar-refractivity contribution in [3.05, 3.63) is 63.7 Å². The first-order valence-electron chi connectivity index (χ1n) is 5.92. The van der Waals surface area contributed by atoms with Crippen molar-refractivity contribution in [2.45, 2.75) is 6.92 Å². The highest BCUT2D eigenvalue weighted by Crippen LogP contribution is 2.13. The maximum atomic E-state index is 11.7. The summed E-state index contributed by atoms with van der Waals surface area (Å²) < 4.78 is 0. The number of carbonyl (C=O) groups excluding carboxylic acids is 2. The van der Waals surface area contributed by atoms with E-state index in [9.17, 15) is 19.7 Å². The minimum atomic E-state index is -0.740. The summed E-state index contributed by atoms with van der Waals surface area (Å²) >= 11 is 0. The molecule has 0 saturated carbocycles. The molecule has 21 heavy (non-hydrogen) atoms. The van der Waals surface area contributed by atoms with Gasteiger partial charge in [0.1, 0.15) is 5.71 Å². The van der Waals surface area contributed by atoms with E-state index in [4.69, 9.17) is 4.84 Å². The molecule has 0 aliphatic heterocycles. The van der Waals surface area contributed by atoms with Gasteiger partial charge in [0.15, 0.2) is 5.78 Å². The van der Waals surface area contributed by atoms with Gasteiger partial charge >= 0.3 is 5.97 Å². The Hall–Kier alpha value is -3.09. The minimum Gasteiger partial charge on any atom is -0.312 e. The zero-order valence-electron chi connectivity index (χ0n) is 11.0.